The standard InChI is InChI=1S/C14H13NO2/c1-17-14(16)13-12(8-5-9-15-13)10-11-6-3-2-4-7-11/h2-9H,10H2,1H3. The van der Waals surface area contributed by atoms with Crippen LogP contribution in [-0.2, 0) is 11.2 Å². The van der Waals surface area contributed by atoms with Crippen molar-refractivity contribution in [1.82, 2.24) is 4.98 Å². The van der Waals surface area contributed by atoms with Crippen LogP contribution >= 0.6 is 0 Å². The lowest BCUT2D eigenvalue weighted by atomic mass is 10.0. The normalized spacial score (nSPS) is 9.94. The Bertz CT molecular complexity index is 509. The molecule has 0 unspecified atom stereocenters. The van der Waals surface area contributed by atoms with Crippen LogP contribution < -0.4 is 0 Å². The second-order valence-corrected chi connectivity index (χ2v) is 3.67. The summed E-state index contributed by atoms with van der Waals surface area (Å²) >= 11 is 0. The summed E-state index contributed by atoms with van der Waals surface area (Å²) in [5.74, 6) is -0.392. The Morgan fingerprint density at radius 1 is 1.18 bits per heavy atom. The highest BCUT2D eigenvalue weighted by atomic mass is 16.5. The van der Waals surface area contributed by atoms with E-state index in [0.29, 0.717) is 12.1 Å². The lowest BCUT2D eigenvalue weighted by molar-refractivity contribution is 0.0593. The van der Waals surface area contributed by atoms with Gasteiger partial charge in [-0.05, 0) is 23.6 Å². The Hall–Kier alpha value is -2.16. The third-order valence-electron chi connectivity index (χ3n) is 2.51. The van der Waals surface area contributed by atoms with Crippen molar-refractivity contribution >= 4 is 5.97 Å². The summed E-state index contributed by atoms with van der Waals surface area (Å²) in [4.78, 5) is 15.6. The Balaban J connectivity index is 2.30. The molecule has 86 valence electrons. The summed E-state index contributed by atoms with van der Waals surface area (Å²) in [7, 11) is 1.36. The molecule has 0 spiro atoms. The molecule has 0 fully saturated rings. The molecular weight excluding hydrogens is 214 g/mol. The average Bonchev–Trinajstić information content (AvgIpc) is 2.40. The van der Waals surface area contributed by atoms with Crippen molar-refractivity contribution in [3.8, 4) is 0 Å². The zero-order valence-electron chi connectivity index (χ0n) is 9.59. The maximum absolute atomic E-state index is 11.5. The van der Waals surface area contributed by atoms with Gasteiger partial charge in [0.05, 0.1) is 7.11 Å². The molecule has 0 saturated carbocycles. The zero-order chi connectivity index (χ0) is 12.1. The van der Waals surface area contributed by atoms with E-state index in [2.05, 4.69) is 4.98 Å². The van der Waals surface area contributed by atoms with Gasteiger partial charge < -0.3 is 4.74 Å². The van der Waals surface area contributed by atoms with Gasteiger partial charge in [-0.1, -0.05) is 36.4 Å². The fourth-order valence-electron chi connectivity index (χ4n) is 1.68. The number of aromatic nitrogens is 1. The molecule has 1 aromatic heterocycles. The molecular formula is C14H13NO2. The third-order valence-corrected chi connectivity index (χ3v) is 2.51. The highest BCUT2D eigenvalue weighted by molar-refractivity contribution is 5.88. The van der Waals surface area contributed by atoms with Crippen LogP contribution in [0.2, 0.25) is 0 Å². The van der Waals surface area contributed by atoms with Crippen LogP contribution in [0, 0.1) is 0 Å². The van der Waals surface area contributed by atoms with Gasteiger partial charge in [0.1, 0.15) is 0 Å². The van der Waals surface area contributed by atoms with E-state index in [9.17, 15) is 4.79 Å². The molecule has 1 heterocycles. The predicted octanol–water partition coefficient (Wildman–Crippen LogP) is 2.46. The van der Waals surface area contributed by atoms with Crippen molar-refractivity contribution in [3.63, 3.8) is 0 Å². The summed E-state index contributed by atoms with van der Waals surface area (Å²) in [6.07, 6.45) is 2.28. The van der Waals surface area contributed by atoms with E-state index >= 15 is 0 Å². The van der Waals surface area contributed by atoms with Crippen LogP contribution in [0.25, 0.3) is 0 Å². The van der Waals surface area contributed by atoms with E-state index in [1.807, 2.05) is 42.5 Å². The van der Waals surface area contributed by atoms with Gasteiger partial charge in [0.15, 0.2) is 5.69 Å². The Morgan fingerprint density at radius 3 is 2.65 bits per heavy atom. The minimum atomic E-state index is -0.392. The van der Waals surface area contributed by atoms with Crippen LogP contribution in [-0.4, -0.2) is 18.1 Å². The van der Waals surface area contributed by atoms with E-state index < -0.39 is 5.97 Å². The van der Waals surface area contributed by atoms with Gasteiger partial charge in [-0.15, -0.1) is 0 Å². The van der Waals surface area contributed by atoms with Crippen molar-refractivity contribution in [2.75, 3.05) is 7.11 Å². The van der Waals surface area contributed by atoms with Gasteiger partial charge in [0.2, 0.25) is 0 Å². The Morgan fingerprint density at radius 2 is 1.94 bits per heavy atom. The molecule has 0 bridgehead atoms. The first kappa shape index (κ1) is 11.3. The Kier molecular flexibility index (Phi) is 3.50. The minimum Gasteiger partial charge on any atom is -0.464 e. The lowest BCUT2D eigenvalue weighted by Crippen LogP contribution is -2.08. The molecule has 0 radical (unpaired) electrons. The number of methoxy groups -OCH3 is 1. The molecule has 0 atom stereocenters. The summed E-state index contributed by atoms with van der Waals surface area (Å²) in [5.41, 5.74) is 2.41. The van der Waals surface area contributed by atoms with Crippen molar-refractivity contribution in [2.45, 2.75) is 6.42 Å². The van der Waals surface area contributed by atoms with E-state index in [1.165, 1.54) is 7.11 Å². The van der Waals surface area contributed by atoms with E-state index in [0.717, 1.165) is 11.1 Å². The molecule has 0 amide bonds. The van der Waals surface area contributed by atoms with Gasteiger partial charge in [-0.2, -0.15) is 0 Å². The molecule has 0 N–H and O–H groups in total. The number of carbonyl (C=O) groups is 1. The first-order chi connectivity index (χ1) is 8.31. The summed E-state index contributed by atoms with van der Waals surface area (Å²) in [6, 6.07) is 13.7. The fourth-order valence-corrected chi connectivity index (χ4v) is 1.68. The number of pyridine rings is 1. The van der Waals surface area contributed by atoms with Crippen LogP contribution in [0.15, 0.2) is 48.7 Å². The minimum absolute atomic E-state index is 0.388. The lowest BCUT2D eigenvalue weighted by Gasteiger charge is -2.06. The first-order valence-corrected chi connectivity index (χ1v) is 5.37. The number of rotatable bonds is 3. The van der Waals surface area contributed by atoms with Crippen LogP contribution in [0.1, 0.15) is 21.6 Å². The molecule has 2 rings (SSSR count). The molecule has 0 aliphatic rings. The quantitative estimate of drug-likeness (QED) is 0.756. The second-order valence-electron chi connectivity index (χ2n) is 3.67. The Labute approximate surface area is 100 Å². The highest BCUT2D eigenvalue weighted by Gasteiger charge is 2.12. The smallest absolute Gasteiger partial charge is 0.356 e. The summed E-state index contributed by atoms with van der Waals surface area (Å²) < 4.78 is 4.71. The van der Waals surface area contributed by atoms with Gasteiger partial charge in [0.25, 0.3) is 0 Å². The van der Waals surface area contributed by atoms with E-state index in [1.54, 1.807) is 6.20 Å². The maximum atomic E-state index is 11.5. The number of ether oxygens (including phenoxy) is 1. The molecule has 3 heteroatoms. The molecule has 17 heavy (non-hydrogen) atoms. The number of hydrogen-bond acceptors (Lipinski definition) is 3. The first-order valence-electron chi connectivity index (χ1n) is 5.37. The predicted molar refractivity (Wildman–Crippen MR) is 64.8 cm³/mol. The number of benzene rings is 1. The molecule has 2 aromatic rings. The topological polar surface area (TPSA) is 39.2 Å². The second kappa shape index (κ2) is 5.25. The largest absolute Gasteiger partial charge is 0.464 e. The van der Waals surface area contributed by atoms with Gasteiger partial charge >= 0.3 is 5.97 Å². The maximum Gasteiger partial charge on any atom is 0.356 e. The molecule has 3 nitrogen and oxygen atoms in total. The van der Waals surface area contributed by atoms with Crippen molar-refractivity contribution in [2.24, 2.45) is 0 Å². The monoisotopic (exact) mass is 227 g/mol. The number of hydrogen-bond donors (Lipinski definition) is 0. The number of esters is 1. The van der Waals surface area contributed by atoms with Crippen molar-refractivity contribution < 1.29 is 9.53 Å². The third kappa shape index (κ3) is 2.69. The average molecular weight is 227 g/mol. The van der Waals surface area contributed by atoms with Crippen LogP contribution in [0.4, 0.5) is 0 Å². The summed E-state index contributed by atoms with van der Waals surface area (Å²) in [6.45, 7) is 0. The fraction of sp³-hybridized carbons (Fsp3) is 0.143. The van der Waals surface area contributed by atoms with Gasteiger partial charge in [0, 0.05) is 6.20 Å². The molecule has 0 aliphatic heterocycles. The molecule has 1 aromatic carbocycles. The molecule has 0 aliphatic carbocycles. The summed E-state index contributed by atoms with van der Waals surface area (Å²) in [5, 5.41) is 0. The number of carbonyl (C=O) groups excluding carboxylic acids is 1. The van der Waals surface area contributed by atoms with E-state index in [-0.39, 0.29) is 0 Å². The van der Waals surface area contributed by atoms with Crippen molar-refractivity contribution in [1.29, 1.82) is 0 Å². The SMILES string of the molecule is COC(=O)c1ncccc1Cc1ccccc1. The molecule has 0 saturated heterocycles. The van der Waals surface area contributed by atoms with Gasteiger partial charge in [-0.25, -0.2) is 9.78 Å². The van der Waals surface area contributed by atoms with Crippen LogP contribution in [0.3, 0.4) is 0 Å². The number of nitrogens with zero attached hydrogens (tertiary/aromatic N) is 1. The van der Waals surface area contributed by atoms with Crippen molar-refractivity contribution in [3.05, 3.63) is 65.5 Å². The van der Waals surface area contributed by atoms with Gasteiger partial charge in [-0.3, -0.25) is 0 Å². The highest BCUT2D eigenvalue weighted by Crippen LogP contribution is 2.13. The zero-order valence-corrected chi connectivity index (χ0v) is 9.59. The van der Waals surface area contributed by atoms with Crippen LogP contribution in [0.5, 0.6) is 0 Å². The van der Waals surface area contributed by atoms with E-state index in [4.69, 9.17) is 4.74 Å².